The van der Waals surface area contributed by atoms with E-state index in [-0.39, 0.29) is 12.7 Å². The van der Waals surface area contributed by atoms with Crippen LogP contribution in [0.3, 0.4) is 0 Å². The van der Waals surface area contributed by atoms with E-state index in [2.05, 4.69) is 15.1 Å². The first-order valence-corrected chi connectivity index (χ1v) is 10.7. The molecule has 8 nitrogen and oxygen atoms in total. The number of nitrogens with one attached hydrogen (secondary N) is 1. The molecule has 0 bridgehead atoms. The van der Waals surface area contributed by atoms with Crippen LogP contribution in [0.15, 0.2) is 41.8 Å². The van der Waals surface area contributed by atoms with Crippen LogP contribution in [-0.4, -0.2) is 70.5 Å². The Morgan fingerprint density at radius 2 is 2.00 bits per heavy atom. The monoisotopic (exact) mass is 426 g/mol. The maximum absolute atomic E-state index is 12.9. The molecule has 1 fully saturated rings. The second-order valence-electron chi connectivity index (χ2n) is 7.36. The first kappa shape index (κ1) is 19.1. The highest BCUT2D eigenvalue weighted by molar-refractivity contribution is 7.10. The number of fused-ring (bicyclic) bond motifs is 1. The van der Waals surface area contributed by atoms with Crippen molar-refractivity contribution in [3.63, 3.8) is 0 Å². The Labute approximate surface area is 177 Å². The summed E-state index contributed by atoms with van der Waals surface area (Å²) in [7, 11) is 0. The number of carbonyl (C=O) groups is 1. The predicted molar refractivity (Wildman–Crippen MR) is 112 cm³/mol. The van der Waals surface area contributed by atoms with E-state index in [4.69, 9.17) is 9.47 Å². The lowest BCUT2D eigenvalue weighted by molar-refractivity contribution is 0.0528. The number of hydrogen-bond donors (Lipinski definition) is 2. The number of ether oxygens (including phenoxy) is 2. The Kier molecular flexibility index (Phi) is 5.16. The minimum atomic E-state index is -0.482. The standard InChI is InChI=1S/C21H22N4O4S/c26-17(20-2-1-9-30-20)12-24-5-7-25(8-6-24)21(27)16-11-15(22-23-16)14-3-4-18-19(10-14)29-13-28-18/h1-4,9-11,17,26H,5-8,12-13H2,(H,22,23)/t17-/m1/s1. The summed E-state index contributed by atoms with van der Waals surface area (Å²) in [5.41, 5.74) is 2.02. The van der Waals surface area contributed by atoms with E-state index < -0.39 is 6.10 Å². The Morgan fingerprint density at radius 3 is 2.80 bits per heavy atom. The molecule has 2 aliphatic rings. The second kappa shape index (κ2) is 8.10. The molecule has 0 radical (unpaired) electrons. The number of benzene rings is 1. The van der Waals surface area contributed by atoms with Gasteiger partial charge in [0.1, 0.15) is 11.8 Å². The minimum absolute atomic E-state index is 0.0621. The van der Waals surface area contributed by atoms with Gasteiger partial charge in [0, 0.05) is 43.2 Å². The Bertz CT molecular complexity index is 1030. The van der Waals surface area contributed by atoms with Crippen LogP contribution in [0.2, 0.25) is 0 Å². The van der Waals surface area contributed by atoms with Gasteiger partial charge in [0.25, 0.3) is 5.91 Å². The Morgan fingerprint density at radius 1 is 1.17 bits per heavy atom. The quantitative estimate of drug-likeness (QED) is 0.651. The van der Waals surface area contributed by atoms with E-state index in [1.54, 1.807) is 17.4 Å². The topological polar surface area (TPSA) is 90.9 Å². The number of aromatic amines is 1. The van der Waals surface area contributed by atoms with Gasteiger partial charge in [-0.1, -0.05) is 6.07 Å². The fourth-order valence-electron chi connectivity index (χ4n) is 3.75. The molecular weight excluding hydrogens is 404 g/mol. The van der Waals surface area contributed by atoms with Crippen molar-refractivity contribution >= 4 is 17.2 Å². The summed E-state index contributed by atoms with van der Waals surface area (Å²) in [5.74, 6) is 1.34. The number of piperazine rings is 1. The van der Waals surface area contributed by atoms with E-state index in [9.17, 15) is 9.90 Å². The molecule has 1 atom stereocenters. The molecule has 1 aromatic carbocycles. The van der Waals surface area contributed by atoms with Gasteiger partial charge in [0.05, 0.1) is 5.69 Å². The SMILES string of the molecule is O=C(c1cc(-c2ccc3c(c2)OCO3)n[nH]1)N1CCN(C[C@@H](O)c2cccs2)CC1. The second-order valence-corrected chi connectivity index (χ2v) is 8.34. The van der Waals surface area contributed by atoms with Crippen molar-refractivity contribution in [3.8, 4) is 22.8 Å². The van der Waals surface area contributed by atoms with Crippen molar-refractivity contribution in [2.24, 2.45) is 0 Å². The molecular formula is C21H22N4O4S. The fourth-order valence-corrected chi connectivity index (χ4v) is 4.46. The highest BCUT2D eigenvalue weighted by Gasteiger charge is 2.25. The van der Waals surface area contributed by atoms with Crippen LogP contribution in [0.25, 0.3) is 11.3 Å². The van der Waals surface area contributed by atoms with Crippen LogP contribution in [0.1, 0.15) is 21.5 Å². The third-order valence-corrected chi connectivity index (χ3v) is 6.41. The number of amides is 1. The van der Waals surface area contributed by atoms with Gasteiger partial charge in [-0.3, -0.25) is 14.8 Å². The van der Waals surface area contributed by atoms with E-state index in [1.165, 1.54) is 0 Å². The van der Waals surface area contributed by atoms with Crippen LogP contribution < -0.4 is 9.47 Å². The number of carbonyl (C=O) groups excluding carboxylic acids is 1. The molecule has 3 aromatic rings. The smallest absolute Gasteiger partial charge is 0.271 e. The van der Waals surface area contributed by atoms with Gasteiger partial charge in [-0.15, -0.1) is 11.3 Å². The number of aliphatic hydroxyl groups excluding tert-OH is 1. The highest BCUT2D eigenvalue weighted by atomic mass is 32.1. The molecule has 0 aliphatic carbocycles. The molecule has 9 heteroatoms. The number of hydrogen-bond acceptors (Lipinski definition) is 7. The summed E-state index contributed by atoms with van der Waals surface area (Å²) >= 11 is 1.56. The summed E-state index contributed by atoms with van der Waals surface area (Å²) in [4.78, 5) is 17.9. The van der Waals surface area contributed by atoms with E-state index in [1.807, 2.05) is 40.6 Å². The van der Waals surface area contributed by atoms with Gasteiger partial charge in [-0.05, 0) is 35.7 Å². The number of aliphatic hydroxyl groups is 1. The predicted octanol–water partition coefficient (Wildman–Crippen LogP) is 2.36. The van der Waals surface area contributed by atoms with Crippen molar-refractivity contribution in [1.82, 2.24) is 20.0 Å². The number of nitrogens with zero attached hydrogens (tertiary/aromatic N) is 3. The van der Waals surface area contributed by atoms with E-state index in [0.29, 0.717) is 42.5 Å². The molecule has 2 aromatic heterocycles. The van der Waals surface area contributed by atoms with Gasteiger partial charge in [-0.25, -0.2) is 0 Å². The van der Waals surface area contributed by atoms with Crippen molar-refractivity contribution in [3.05, 3.63) is 52.3 Å². The zero-order valence-corrected chi connectivity index (χ0v) is 17.1. The summed E-state index contributed by atoms with van der Waals surface area (Å²) in [6, 6.07) is 11.3. The minimum Gasteiger partial charge on any atom is -0.454 e. The maximum Gasteiger partial charge on any atom is 0.271 e. The molecule has 4 heterocycles. The molecule has 2 N–H and O–H groups in total. The molecule has 156 valence electrons. The Balaban J connectivity index is 1.19. The normalized spacial score (nSPS) is 17.3. The number of aromatic nitrogens is 2. The number of β-amino-alcohol motifs (C(OH)–C–C–N with tert-alkyl or cyclic N) is 1. The molecule has 0 spiro atoms. The molecule has 1 amide bonds. The fraction of sp³-hybridized carbons (Fsp3) is 0.333. The molecule has 0 saturated carbocycles. The number of rotatable bonds is 5. The van der Waals surface area contributed by atoms with Gasteiger partial charge < -0.3 is 19.5 Å². The zero-order valence-electron chi connectivity index (χ0n) is 16.3. The van der Waals surface area contributed by atoms with Crippen molar-refractivity contribution in [2.45, 2.75) is 6.10 Å². The van der Waals surface area contributed by atoms with Crippen LogP contribution in [0.5, 0.6) is 11.5 Å². The highest BCUT2D eigenvalue weighted by Crippen LogP contribution is 2.35. The largest absolute Gasteiger partial charge is 0.454 e. The van der Waals surface area contributed by atoms with Crippen molar-refractivity contribution < 1.29 is 19.4 Å². The first-order valence-electron chi connectivity index (χ1n) is 9.86. The van der Waals surface area contributed by atoms with E-state index >= 15 is 0 Å². The summed E-state index contributed by atoms with van der Waals surface area (Å²) in [5, 5.41) is 19.5. The third-order valence-electron chi connectivity index (χ3n) is 5.44. The van der Waals surface area contributed by atoms with Crippen LogP contribution in [0.4, 0.5) is 0 Å². The van der Waals surface area contributed by atoms with Crippen LogP contribution in [0, 0.1) is 0 Å². The van der Waals surface area contributed by atoms with Gasteiger partial charge in [0.15, 0.2) is 11.5 Å². The third kappa shape index (κ3) is 3.79. The lowest BCUT2D eigenvalue weighted by Crippen LogP contribution is -2.49. The first-order chi connectivity index (χ1) is 14.7. The average molecular weight is 426 g/mol. The molecule has 2 aliphatic heterocycles. The van der Waals surface area contributed by atoms with Crippen molar-refractivity contribution in [2.75, 3.05) is 39.5 Å². The van der Waals surface area contributed by atoms with Crippen molar-refractivity contribution in [1.29, 1.82) is 0 Å². The number of H-pyrrole nitrogens is 1. The van der Waals surface area contributed by atoms with Crippen LogP contribution in [-0.2, 0) is 0 Å². The summed E-state index contributed by atoms with van der Waals surface area (Å²) in [6.07, 6.45) is -0.482. The van der Waals surface area contributed by atoms with E-state index in [0.717, 1.165) is 23.5 Å². The molecule has 5 rings (SSSR count). The summed E-state index contributed by atoms with van der Waals surface area (Å²) < 4.78 is 10.7. The molecule has 1 saturated heterocycles. The van der Waals surface area contributed by atoms with Crippen LogP contribution >= 0.6 is 11.3 Å². The van der Waals surface area contributed by atoms with Gasteiger partial charge in [-0.2, -0.15) is 5.10 Å². The van der Waals surface area contributed by atoms with Gasteiger partial charge in [0.2, 0.25) is 6.79 Å². The Hall–Kier alpha value is -2.88. The molecule has 0 unspecified atom stereocenters. The molecule has 30 heavy (non-hydrogen) atoms. The lowest BCUT2D eigenvalue weighted by Gasteiger charge is -2.35. The van der Waals surface area contributed by atoms with Gasteiger partial charge >= 0.3 is 0 Å². The average Bonchev–Trinajstić information content (AvgIpc) is 3.54. The number of thiophene rings is 1. The lowest BCUT2D eigenvalue weighted by atomic mass is 10.1. The summed E-state index contributed by atoms with van der Waals surface area (Å²) in [6.45, 7) is 3.51. The zero-order chi connectivity index (χ0) is 20.5. The maximum atomic E-state index is 12.9.